The van der Waals surface area contributed by atoms with Crippen LogP contribution in [0.4, 0.5) is 0 Å². The van der Waals surface area contributed by atoms with Crippen molar-refractivity contribution in [2.75, 3.05) is 32.8 Å². The maximum Gasteiger partial charge on any atom is 0.243 e. The summed E-state index contributed by atoms with van der Waals surface area (Å²) in [5.41, 5.74) is 6.57. The molecule has 0 bridgehead atoms. The second kappa shape index (κ2) is 10.8. The molecule has 1 amide bonds. The highest BCUT2D eigenvalue weighted by molar-refractivity contribution is 7.89. The Balaban J connectivity index is 0.00000338. The first-order valence-corrected chi connectivity index (χ1v) is 10.0. The molecular weight excluding hydrogens is 378 g/mol. The summed E-state index contributed by atoms with van der Waals surface area (Å²) in [5.74, 6) is -0.0225. The van der Waals surface area contributed by atoms with E-state index in [1.807, 2.05) is 6.92 Å². The number of nitrogens with zero attached hydrogens (tertiary/aromatic N) is 1. The first-order chi connectivity index (χ1) is 11.9. The van der Waals surface area contributed by atoms with Crippen LogP contribution >= 0.6 is 12.4 Å². The number of nitrogens with two attached hydrogens (primary N) is 1. The van der Waals surface area contributed by atoms with Gasteiger partial charge in [-0.15, -0.1) is 12.4 Å². The van der Waals surface area contributed by atoms with Crippen molar-refractivity contribution in [1.29, 1.82) is 0 Å². The number of hydrogen-bond acceptors (Lipinski definition) is 5. The van der Waals surface area contributed by atoms with E-state index in [1.165, 1.54) is 4.31 Å². The Morgan fingerprint density at radius 2 is 1.88 bits per heavy atom. The number of carbonyl (C=O) groups is 1. The molecule has 1 aromatic carbocycles. The summed E-state index contributed by atoms with van der Waals surface area (Å²) in [6, 6.07) is 6.81. The van der Waals surface area contributed by atoms with Gasteiger partial charge in [-0.1, -0.05) is 12.1 Å². The van der Waals surface area contributed by atoms with Gasteiger partial charge in [0.1, 0.15) is 0 Å². The first kappa shape index (κ1) is 22.9. The quantitative estimate of drug-likeness (QED) is 0.669. The largest absolute Gasteiger partial charge is 0.379 e. The molecule has 1 aliphatic heterocycles. The van der Waals surface area contributed by atoms with Crippen molar-refractivity contribution in [3.8, 4) is 0 Å². The van der Waals surface area contributed by atoms with Gasteiger partial charge in [-0.3, -0.25) is 4.79 Å². The van der Waals surface area contributed by atoms with Gasteiger partial charge in [0.15, 0.2) is 0 Å². The predicted molar refractivity (Wildman–Crippen MR) is 103 cm³/mol. The Kier molecular flexibility index (Phi) is 9.52. The highest BCUT2D eigenvalue weighted by atomic mass is 35.5. The van der Waals surface area contributed by atoms with Crippen LogP contribution in [-0.2, 0) is 26.0 Å². The molecule has 0 saturated carbocycles. The van der Waals surface area contributed by atoms with Crippen LogP contribution in [0.3, 0.4) is 0 Å². The normalized spacial score (nSPS) is 16.5. The van der Waals surface area contributed by atoms with Crippen molar-refractivity contribution >= 4 is 28.3 Å². The summed E-state index contributed by atoms with van der Waals surface area (Å²) in [7, 11) is -3.47. The minimum absolute atomic E-state index is 0. The minimum atomic E-state index is -3.47. The average molecular weight is 406 g/mol. The van der Waals surface area contributed by atoms with Crippen LogP contribution in [0.1, 0.15) is 25.3 Å². The van der Waals surface area contributed by atoms with Crippen LogP contribution in [0, 0.1) is 0 Å². The number of rotatable bonds is 8. The van der Waals surface area contributed by atoms with Crippen LogP contribution < -0.4 is 11.1 Å². The van der Waals surface area contributed by atoms with Crippen LogP contribution in [0.15, 0.2) is 29.2 Å². The van der Waals surface area contributed by atoms with E-state index < -0.39 is 10.0 Å². The number of halogens is 1. The van der Waals surface area contributed by atoms with E-state index in [0.717, 1.165) is 12.0 Å². The number of benzene rings is 1. The monoisotopic (exact) mass is 405 g/mol. The topological polar surface area (TPSA) is 102 Å². The van der Waals surface area contributed by atoms with Crippen LogP contribution in [0.5, 0.6) is 0 Å². The molecule has 1 fully saturated rings. The molecule has 1 saturated heterocycles. The summed E-state index contributed by atoms with van der Waals surface area (Å²) in [4.78, 5) is 12.0. The fourth-order valence-corrected chi connectivity index (χ4v) is 3.96. The number of sulfonamides is 1. The van der Waals surface area contributed by atoms with E-state index in [-0.39, 0.29) is 29.3 Å². The number of aryl methyl sites for hydroxylation is 1. The number of ether oxygens (including phenoxy) is 1. The molecule has 3 N–H and O–H groups in total. The molecule has 1 unspecified atom stereocenters. The van der Waals surface area contributed by atoms with Gasteiger partial charge in [0.2, 0.25) is 15.9 Å². The van der Waals surface area contributed by atoms with Crippen molar-refractivity contribution in [3.63, 3.8) is 0 Å². The molecular formula is C17H28ClN3O4S. The number of amides is 1. The van der Waals surface area contributed by atoms with Gasteiger partial charge in [-0.05, 0) is 37.5 Å². The molecule has 148 valence electrons. The maximum absolute atomic E-state index is 12.5. The molecule has 1 aromatic rings. The van der Waals surface area contributed by atoms with Gasteiger partial charge in [-0.25, -0.2) is 8.42 Å². The van der Waals surface area contributed by atoms with Crippen LogP contribution in [0.2, 0.25) is 0 Å². The van der Waals surface area contributed by atoms with Crippen molar-refractivity contribution in [2.45, 2.75) is 37.1 Å². The van der Waals surface area contributed by atoms with E-state index >= 15 is 0 Å². The fraction of sp³-hybridized carbons (Fsp3) is 0.588. The first-order valence-electron chi connectivity index (χ1n) is 8.58. The Morgan fingerprint density at radius 3 is 2.46 bits per heavy atom. The summed E-state index contributed by atoms with van der Waals surface area (Å²) in [6.07, 6.45) is 1.69. The lowest BCUT2D eigenvalue weighted by Crippen LogP contribution is -2.40. The summed E-state index contributed by atoms with van der Waals surface area (Å²) >= 11 is 0. The van der Waals surface area contributed by atoms with Gasteiger partial charge < -0.3 is 15.8 Å². The third kappa shape index (κ3) is 6.85. The number of carbonyl (C=O) groups excluding carboxylic acids is 1. The molecule has 9 heteroatoms. The minimum Gasteiger partial charge on any atom is -0.379 e. The molecule has 1 aliphatic rings. The molecule has 0 aliphatic carbocycles. The average Bonchev–Trinajstić information content (AvgIpc) is 2.61. The Hall–Kier alpha value is -1.19. The molecule has 2 rings (SSSR count). The zero-order valence-electron chi connectivity index (χ0n) is 15.0. The highest BCUT2D eigenvalue weighted by Gasteiger charge is 2.26. The SMILES string of the molecule is CC(N)CCNC(=O)CCc1ccc(S(=O)(=O)N2CCOCC2)cc1.Cl. The van der Waals surface area contributed by atoms with E-state index in [4.69, 9.17) is 10.5 Å². The zero-order chi connectivity index (χ0) is 18.3. The van der Waals surface area contributed by atoms with Gasteiger partial charge in [0.05, 0.1) is 18.1 Å². The molecule has 0 aromatic heterocycles. The number of nitrogens with one attached hydrogen (secondary N) is 1. The third-order valence-corrected chi connectivity index (χ3v) is 6.01. The highest BCUT2D eigenvalue weighted by Crippen LogP contribution is 2.18. The summed E-state index contributed by atoms with van der Waals surface area (Å²) in [5, 5.41) is 2.83. The lowest BCUT2D eigenvalue weighted by Gasteiger charge is -2.26. The number of morpholine rings is 1. The van der Waals surface area contributed by atoms with Crippen molar-refractivity contribution < 1.29 is 17.9 Å². The third-order valence-electron chi connectivity index (χ3n) is 4.09. The van der Waals surface area contributed by atoms with Gasteiger partial charge >= 0.3 is 0 Å². The van der Waals surface area contributed by atoms with Gasteiger partial charge in [0, 0.05) is 32.1 Å². The zero-order valence-corrected chi connectivity index (χ0v) is 16.7. The fourth-order valence-electron chi connectivity index (χ4n) is 2.55. The predicted octanol–water partition coefficient (Wildman–Crippen LogP) is 0.915. The molecule has 1 atom stereocenters. The Labute approximate surface area is 161 Å². The molecule has 1 heterocycles. The molecule has 0 spiro atoms. The maximum atomic E-state index is 12.5. The van der Waals surface area contributed by atoms with E-state index in [9.17, 15) is 13.2 Å². The van der Waals surface area contributed by atoms with E-state index in [0.29, 0.717) is 45.7 Å². The lowest BCUT2D eigenvalue weighted by atomic mass is 10.1. The molecule has 26 heavy (non-hydrogen) atoms. The Bertz CT molecular complexity index is 659. The van der Waals surface area contributed by atoms with Crippen LogP contribution in [-0.4, -0.2) is 57.5 Å². The van der Waals surface area contributed by atoms with Gasteiger partial charge in [0.25, 0.3) is 0 Å². The summed E-state index contributed by atoms with van der Waals surface area (Å²) < 4.78 is 31.7. The summed E-state index contributed by atoms with van der Waals surface area (Å²) in [6.45, 7) is 4.09. The van der Waals surface area contributed by atoms with Crippen molar-refractivity contribution in [2.24, 2.45) is 5.73 Å². The van der Waals surface area contributed by atoms with E-state index in [2.05, 4.69) is 5.32 Å². The molecule has 0 radical (unpaired) electrons. The smallest absolute Gasteiger partial charge is 0.243 e. The van der Waals surface area contributed by atoms with Crippen molar-refractivity contribution in [1.82, 2.24) is 9.62 Å². The molecule has 7 nitrogen and oxygen atoms in total. The lowest BCUT2D eigenvalue weighted by molar-refractivity contribution is -0.121. The standard InChI is InChI=1S/C17H27N3O4S.ClH/c1-14(18)8-9-19-17(21)7-4-15-2-5-16(6-3-15)25(22,23)20-10-12-24-13-11-20;/h2-3,5-6,14H,4,7-13,18H2,1H3,(H,19,21);1H. The second-order valence-electron chi connectivity index (χ2n) is 6.28. The Morgan fingerprint density at radius 1 is 1.27 bits per heavy atom. The van der Waals surface area contributed by atoms with E-state index in [1.54, 1.807) is 24.3 Å². The van der Waals surface area contributed by atoms with Gasteiger partial charge in [-0.2, -0.15) is 4.31 Å². The van der Waals surface area contributed by atoms with Crippen molar-refractivity contribution in [3.05, 3.63) is 29.8 Å². The second-order valence-corrected chi connectivity index (χ2v) is 8.21. The van der Waals surface area contributed by atoms with Crippen LogP contribution in [0.25, 0.3) is 0 Å². The number of hydrogen-bond donors (Lipinski definition) is 2.